The van der Waals surface area contributed by atoms with E-state index >= 15 is 0 Å². The molecule has 0 saturated carbocycles. The number of hydrogen-bond acceptors (Lipinski definition) is 1. The summed E-state index contributed by atoms with van der Waals surface area (Å²) in [7, 11) is 0. The highest BCUT2D eigenvalue weighted by Crippen LogP contribution is 2.23. The van der Waals surface area contributed by atoms with Crippen LogP contribution in [0.5, 0.6) is 0 Å². The van der Waals surface area contributed by atoms with Gasteiger partial charge in [-0.05, 0) is 49.4 Å². The van der Waals surface area contributed by atoms with E-state index in [2.05, 4.69) is 60.6 Å². The smallest absolute Gasteiger partial charge is 0.205 e. The SMILES string of the molecule is Cc1ccc(CCCC2=Nc3ccccc3[NH2+]2)cc1C.[Cl-]. The Bertz CT molecular complexity index is 662. The van der Waals surface area contributed by atoms with Crippen molar-refractivity contribution >= 4 is 17.2 Å². The Labute approximate surface area is 132 Å². The molecule has 2 nitrogen and oxygen atoms in total. The largest absolute Gasteiger partial charge is 1.00 e. The molecule has 0 bridgehead atoms. The van der Waals surface area contributed by atoms with Crippen molar-refractivity contribution < 1.29 is 17.7 Å². The Morgan fingerprint density at radius 2 is 1.76 bits per heavy atom. The van der Waals surface area contributed by atoms with Gasteiger partial charge in [0.05, 0.1) is 0 Å². The molecule has 2 aromatic rings. The first-order valence-corrected chi connectivity index (χ1v) is 7.30. The molecule has 0 unspecified atom stereocenters. The highest BCUT2D eigenvalue weighted by Gasteiger charge is 2.17. The zero-order valence-corrected chi connectivity index (χ0v) is 13.3. The van der Waals surface area contributed by atoms with Crippen molar-refractivity contribution in [2.24, 2.45) is 4.99 Å². The van der Waals surface area contributed by atoms with Crippen LogP contribution in [0.1, 0.15) is 29.5 Å². The Morgan fingerprint density at radius 1 is 0.952 bits per heavy atom. The summed E-state index contributed by atoms with van der Waals surface area (Å²) in [4.78, 5) is 4.68. The normalized spacial score (nSPS) is 12.6. The third-order valence-corrected chi connectivity index (χ3v) is 3.99. The molecular formula is C18H21ClN2. The molecule has 0 spiro atoms. The van der Waals surface area contributed by atoms with Crippen LogP contribution in [0.2, 0.25) is 0 Å². The molecule has 0 radical (unpaired) electrons. The standard InChI is InChI=1S/C18H20N2.ClH/c1-13-10-11-15(12-14(13)2)6-5-9-18-19-16-7-3-4-8-17(16)20-18;/h3-4,7-8,10-12H,5-6,9H2,1-2H3,(H,19,20);1H. The Hall–Kier alpha value is -1.64. The van der Waals surface area contributed by atoms with Crippen molar-refractivity contribution in [1.82, 2.24) is 0 Å². The van der Waals surface area contributed by atoms with Crippen molar-refractivity contribution in [3.63, 3.8) is 0 Å². The molecule has 0 atom stereocenters. The molecule has 3 rings (SSSR count). The number of fused-ring (bicyclic) bond motifs is 1. The van der Waals surface area contributed by atoms with Crippen molar-refractivity contribution in [3.8, 4) is 0 Å². The molecule has 0 aromatic heterocycles. The summed E-state index contributed by atoms with van der Waals surface area (Å²) in [6.45, 7) is 4.35. The lowest BCUT2D eigenvalue weighted by molar-refractivity contribution is -0.441. The van der Waals surface area contributed by atoms with Crippen molar-refractivity contribution in [3.05, 3.63) is 59.2 Å². The van der Waals surface area contributed by atoms with E-state index in [1.54, 1.807) is 0 Å². The lowest BCUT2D eigenvalue weighted by Crippen LogP contribution is -3.00. The number of halogens is 1. The van der Waals surface area contributed by atoms with Gasteiger partial charge in [-0.3, -0.25) is 5.32 Å². The lowest BCUT2D eigenvalue weighted by atomic mass is 10.0. The first kappa shape index (κ1) is 15.7. The fourth-order valence-electron chi connectivity index (χ4n) is 2.64. The molecule has 3 heteroatoms. The number of hydrogen-bond donors (Lipinski definition) is 1. The van der Waals surface area contributed by atoms with Crippen LogP contribution in [0, 0.1) is 13.8 Å². The number of rotatable bonds is 4. The second-order valence-electron chi connectivity index (χ2n) is 5.58. The highest BCUT2D eigenvalue weighted by atomic mass is 35.5. The highest BCUT2D eigenvalue weighted by molar-refractivity contribution is 5.84. The number of aryl methyl sites for hydroxylation is 3. The third kappa shape index (κ3) is 3.72. The maximum absolute atomic E-state index is 4.68. The Kier molecular flexibility index (Phi) is 5.16. The molecule has 0 fully saturated rings. The second-order valence-corrected chi connectivity index (χ2v) is 5.58. The van der Waals surface area contributed by atoms with E-state index in [9.17, 15) is 0 Å². The summed E-state index contributed by atoms with van der Waals surface area (Å²) in [5, 5.41) is 2.22. The number of benzene rings is 2. The summed E-state index contributed by atoms with van der Waals surface area (Å²) in [5.41, 5.74) is 6.57. The predicted molar refractivity (Wildman–Crippen MR) is 84.0 cm³/mol. The summed E-state index contributed by atoms with van der Waals surface area (Å²) in [6, 6.07) is 15.1. The minimum Gasteiger partial charge on any atom is -1.00 e. The molecule has 0 aliphatic carbocycles. The minimum absolute atomic E-state index is 0. The molecular weight excluding hydrogens is 280 g/mol. The number of nitrogens with zero attached hydrogens (tertiary/aromatic N) is 1. The van der Waals surface area contributed by atoms with Crippen LogP contribution in [-0.2, 0) is 6.42 Å². The summed E-state index contributed by atoms with van der Waals surface area (Å²) in [5.74, 6) is 1.22. The molecule has 2 N–H and O–H groups in total. The first-order valence-electron chi connectivity index (χ1n) is 7.30. The van der Waals surface area contributed by atoms with E-state index in [0.717, 1.165) is 24.9 Å². The average molecular weight is 301 g/mol. The zero-order chi connectivity index (χ0) is 13.9. The van der Waals surface area contributed by atoms with Crippen LogP contribution in [-0.4, -0.2) is 5.84 Å². The van der Waals surface area contributed by atoms with E-state index in [0.29, 0.717) is 0 Å². The fourth-order valence-corrected chi connectivity index (χ4v) is 2.64. The Morgan fingerprint density at radius 3 is 2.52 bits per heavy atom. The molecule has 1 heterocycles. The van der Waals surface area contributed by atoms with E-state index in [1.165, 1.54) is 28.2 Å². The Balaban J connectivity index is 0.00000161. The van der Waals surface area contributed by atoms with Gasteiger partial charge in [0.1, 0.15) is 5.69 Å². The van der Waals surface area contributed by atoms with E-state index < -0.39 is 0 Å². The summed E-state index contributed by atoms with van der Waals surface area (Å²) >= 11 is 0. The molecule has 1 aliphatic heterocycles. The van der Waals surface area contributed by atoms with Gasteiger partial charge in [0.15, 0.2) is 5.69 Å². The third-order valence-electron chi connectivity index (χ3n) is 3.99. The van der Waals surface area contributed by atoms with Gasteiger partial charge in [0.2, 0.25) is 5.84 Å². The van der Waals surface area contributed by atoms with Crippen LogP contribution in [0.25, 0.3) is 0 Å². The van der Waals surface area contributed by atoms with Crippen molar-refractivity contribution in [2.45, 2.75) is 33.1 Å². The number of aliphatic imine (C=N–C) groups is 1. The van der Waals surface area contributed by atoms with Gasteiger partial charge in [-0.1, -0.05) is 30.3 Å². The fraction of sp³-hybridized carbons (Fsp3) is 0.278. The number of amidine groups is 1. The van der Waals surface area contributed by atoms with Gasteiger partial charge < -0.3 is 12.4 Å². The summed E-state index contributed by atoms with van der Waals surface area (Å²) < 4.78 is 0. The molecule has 0 saturated heterocycles. The number of para-hydroxylation sites is 2. The van der Waals surface area contributed by atoms with E-state index in [1.807, 2.05) is 6.07 Å². The van der Waals surface area contributed by atoms with E-state index in [4.69, 9.17) is 0 Å². The van der Waals surface area contributed by atoms with Crippen molar-refractivity contribution in [1.29, 1.82) is 0 Å². The van der Waals surface area contributed by atoms with Gasteiger partial charge in [0, 0.05) is 12.5 Å². The molecule has 21 heavy (non-hydrogen) atoms. The molecule has 1 aliphatic rings. The van der Waals surface area contributed by atoms with Crippen LogP contribution < -0.4 is 17.7 Å². The van der Waals surface area contributed by atoms with Crippen LogP contribution >= 0.6 is 0 Å². The topological polar surface area (TPSA) is 29.0 Å². The molecule has 2 aromatic carbocycles. The molecule has 110 valence electrons. The van der Waals surface area contributed by atoms with Crippen LogP contribution in [0.15, 0.2) is 47.5 Å². The van der Waals surface area contributed by atoms with Gasteiger partial charge in [0.25, 0.3) is 0 Å². The van der Waals surface area contributed by atoms with Crippen molar-refractivity contribution in [2.75, 3.05) is 0 Å². The first-order chi connectivity index (χ1) is 9.72. The quantitative estimate of drug-likeness (QED) is 0.800. The monoisotopic (exact) mass is 300 g/mol. The number of nitrogens with two attached hydrogens (primary N) is 1. The number of quaternary nitrogens is 1. The summed E-state index contributed by atoms with van der Waals surface area (Å²) in [6.07, 6.45) is 3.34. The van der Waals surface area contributed by atoms with Gasteiger partial charge in [-0.15, -0.1) is 0 Å². The van der Waals surface area contributed by atoms with Gasteiger partial charge in [-0.2, -0.15) is 4.99 Å². The lowest BCUT2D eigenvalue weighted by Gasteiger charge is -2.04. The maximum atomic E-state index is 4.68. The minimum atomic E-state index is 0. The second kappa shape index (κ2) is 6.88. The van der Waals surface area contributed by atoms with Gasteiger partial charge in [-0.25, -0.2) is 0 Å². The van der Waals surface area contributed by atoms with Crippen LogP contribution in [0.4, 0.5) is 11.4 Å². The zero-order valence-electron chi connectivity index (χ0n) is 12.6. The predicted octanol–water partition coefficient (Wildman–Crippen LogP) is 0.569. The van der Waals surface area contributed by atoms with E-state index in [-0.39, 0.29) is 12.4 Å². The van der Waals surface area contributed by atoms with Crippen LogP contribution in [0.3, 0.4) is 0 Å². The average Bonchev–Trinajstić information content (AvgIpc) is 2.85. The van der Waals surface area contributed by atoms with Gasteiger partial charge >= 0.3 is 0 Å². The maximum Gasteiger partial charge on any atom is 0.205 e. The molecule has 0 amide bonds.